The Balaban J connectivity index is 1.61. The number of hydrogen-bond donors (Lipinski definition) is 1. The highest BCUT2D eigenvalue weighted by atomic mass is 32.2. The van der Waals surface area contributed by atoms with Gasteiger partial charge in [-0.1, -0.05) is 23.9 Å². The van der Waals surface area contributed by atoms with E-state index < -0.39 is 0 Å². The molecule has 2 aromatic carbocycles. The van der Waals surface area contributed by atoms with Crippen molar-refractivity contribution in [3.63, 3.8) is 0 Å². The fraction of sp³-hybridized carbons (Fsp3) is 0.304. The third-order valence-corrected chi connectivity index (χ3v) is 5.79. The number of carbonyl (C=O) groups excluding carboxylic acids is 1. The van der Waals surface area contributed by atoms with Crippen LogP contribution >= 0.6 is 11.8 Å². The summed E-state index contributed by atoms with van der Waals surface area (Å²) >= 11 is 1.31. The van der Waals surface area contributed by atoms with Crippen molar-refractivity contribution in [2.24, 2.45) is 5.10 Å². The van der Waals surface area contributed by atoms with Gasteiger partial charge in [0.1, 0.15) is 0 Å². The highest BCUT2D eigenvalue weighted by Crippen LogP contribution is 2.32. The summed E-state index contributed by atoms with van der Waals surface area (Å²) in [6.45, 7) is 2.66. The Bertz CT molecular complexity index is 1110. The molecule has 0 aliphatic rings. The molecule has 0 saturated heterocycles. The van der Waals surface area contributed by atoms with E-state index in [1.165, 1.54) is 11.8 Å². The SMILES string of the molecule is CCn1c(SCC(=O)N/N=C\c2ccc(N(C)C)cc2)nnc1-c1ccc(OC)c(OC)c1. The minimum atomic E-state index is -0.223. The van der Waals surface area contributed by atoms with E-state index in [9.17, 15) is 4.79 Å². The van der Waals surface area contributed by atoms with E-state index in [0.717, 1.165) is 16.8 Å². The smallest absolute Gasteiger partial charge is 0.250 e. The van der Waals surface area contributed by atoms with Gasteiger partial charge in [0, 0.05) is 31.9 Å². The summed E-state index contributed by atoms with van der Waals surface area (Å²) < 4.78 is 12.6. The molecule has 174 valence electrons. The van der Waals surface area contributed by atoms with Crippen molar-refractivity contribution < 1.29 is 14.3 Å². The average Bonchev–Trinajstić information content (AvgIpc) is 3.25. The van der Waals surface area contributed by atoms with Crippen LogP contribution in [0.5, 0.6) is 11.5 Å². The number of hydrogen-bond acceptors (Lipinski definition) is 8. The monoisotopic (exact) mass is 468 g/mol. The molecular formula is C23H28N6O3S. The summed E-state index contributed by atoms with van der Waals surface area (Å²) in [6, 6.07) is 13.5. The van der Waals surface area contributed by atoms with Crippen LogP contribution < -0.4 is 19.8 Å². The van der Waals surface area contributed by atoms with Crippen LogP contribution in [-0.4, -0.2) is 61.0 Å². The van der Waals surface area contributed by atoms with Crippen LogP contribution in [0.4, 0.5) is 5.69 Å². The third-order valence-electron chi connectivity index (χ3n) is 4.82. The van der Waals surface area contributed by atoms with Crippen molar-refractivity contribution in [3.05, 3.63) is 48.0 Å². The molecule has 10 heteroatoms. The van der Waals surface area contributed by atoms with E-state index in [1.807, 2.05) is 73.0 Å². The largest absolute Gasteiger partial charge is 0.493 e. The molecule has 33 heavy (non-hydrogen) atoms. The van der Waals surface area contributed by atoms with Crippen molar-refractivity contribution in [1.82, 2.24) is 20.2 Å². The summed E-state index contributed by atoms with van der Waals surface area (Å²) in [5.41, 5.74) is 5.40. The fourth-order valence-corrected chi connectivity index (χ4v) is 3.86. The number of anilines is 1. The first-order chi connectivity index (χ1) is 16.0. The molecule has 3 aromatic rings. The first kappa shape index (κ1) is 24.1. The number of aromatic nitrogens is 3. The highest BCUT2D eigenvalue weighted by Gasteiger charge is 2.16. The molecule has 3 rings (SSSR count). The molecule has 9 nitrogen and oxygen atoms in total. The zero-order valence-electron chi connectivity index (χ0n) is 19.4. The number of nitrogens with one attached hydrogen (secondary N) is 1. The second-order valence-electron chi connectivity index (χ2n) is 7.19. The zero-order chi connectivity index (χ0) is 23.8. The quantitative estimate of drug-likeness (QED) is 0.277. The lowest BCUT2D eigenvalue weighted by Gasteiger charge is -2.11. The molecule has 0 unspecified atom stereocenters. The number of carbonyl (C=O) groups is 1. The Kier molecular flexibility index (Phi) is 8.31. The summed E-state index contributed by atoms with van der Waals surface area (Å²) in [4.78, 5) is 14.3. The van der Waals surface area contributed by atoms with Gasteiger partial charge in [-0.3, -0.25) is 4.79 Å². The normalized spacial score (nSPS) is 10.9. The van der Waals surface area contributed by atoms with Gasteiger partial charge < -0.3 is 18.9 Å². The van der Waals surface area contributed by atoms with E-state index in [-0.39, 0.29) is 11.7 Å². The molecule has 1 N–H and O–H groups in total. The molecule has 0 spiro atoms. The lowest BCUT2D eigenvalue weighted by Crippen LogP contribution is -2.20. The van der Waals surface area contributed by atoms with Gasteiger partial charge in [0.25, 0.3) is 5.91 Å². The maximum Gasteiger partial charge on any atom is 0.250 e. The Morgan fingerprint density at radius 1 is 1.12 bits per heavy atom. The predicted octanol–water partition coefficient (Wildman–Crippen LogP) is 3.29. The van der Waals surface area contributed by atoms with Crippen LogP contribution in [0, 0.1) is 0 Å². The molecule has 0 atom stereocenters. The van der Waals surface area contributed by atoms with E-state index in [0.29, 0.717) is 29.0 Å². The number of methoxy groups -OCH3 is 2. The molecule has 0 bridgehead atoms. The summed E-state index contributed by atoms with van der Waals surface area (Å²) in [6.07, 6.45) is 1.62. The van der Waals surface area contributed by atoms with E-state index in [4.69, 9.17) is 9.47 Å². The Labute approximate surface area is 197 Å². The second kappa shape index (κ2) is 11.4. The van der Waals surface area contributed by atoms with Crippen LogP contribution in [0.1, 0.15) is 12.5 Å². The van der Waals surface area contributed by atoms with E-state index in [2.05, 4.69) is 20.7 Å². The standard InChI is InChI=1S/C23H28N6O3S/c1-6-29-22(17-9-12-19(31-4)20(13-17)32-5)26-27-23(29)33-15-21(30)25-24-14-16-7-10-18(11-8-16)28(2)3/h7-14H,6,15H2,1-5H3,(H,25,30)/b24-14-. The van der Waals surface area contributed by atoms with Crippen LogP contribution in [0.15, 0.2) is 52.7 Å². The lowest BCUT2D eigenvalue weighted by molar-refractivity contribution is -0.118. The van der Waals surface area contributed by atoms with Crippen molar-refractivity contribution in [3.8, 4) is 22.9 Å². The van der Waals surface area contributed by atoms with Gasteiger partial charge >= 0.3 is 0 Å². The molecular weight excluding hydrogens is 440 g/mol. The van der Waals surface area contributed by atoms with Gasteiger partial charge in [-0.25, -0.2) is 5.43 Å². The van der Waals surface area contributed by atoms with Crippen molar-refractivity contribution in [1.29, 1.82) is 0 Å². The minimum Gasteiger partial charge on any atom is -0.493 e. The Hall–Kier alpha value is -3.53. The number of thioether (sulfide) groups is 1. The molecule has 1 heterocycles. The summed E-state index contributed by atoms with van der Waals surface area (Å²) in [5.74, 6) is 1.90. The van der Waals surface area contributed by atoms with Gasteiger partial charge in [0.15, 0.2) is 22.5 Å². The van der Waals surface area contributed by atoms with Crippen molar-refractivity contribution in [2.45, 2.75) is 18.6 Å². The average molecular weight is 469 g/mol. The van der Waals surface area contributed by atoms with Crippen LogP contribution in [-0.2, 0) is 11.3 Å². The predicted molar refractivity (Wildman–Crippen MR) is 131 cm³/mol. The van der Waals surface area contributed by atoms with Crippen LogP contribution in [0.25, 0.3) is 11.4 Å². The Morgan fingerprint density at radius 3 is 2.48 bits per heavy atom. The first-order valence-electron chi connectivity index (χ1n) is 10.3. The number of benzene rings is 2. The molecule has 0 aliphatic heterocycles. The zero-order valence-corrected chi connectivity index (χ0v) is 20.2. The fourth-order valence-electron chi connectivity index (χ4n) is 3.07. The second-order valence-corrected chi connectivity index (χ2v) is 8.13. The minimum absolute atomic E-state index is 0.168. The van der Waals surface area contributed by atoms with Crippen molar-refractivity contribution in [2.75, 3.05) is 39.0 Å². The van der Waals surface area contributed by atoms with Gasteiger partial charge in [-0.2, -0.15) is 5.10 Å². The third kappa shape index (κ3) is 6.04. The van der Waals surface area contributed by atoms with E-state index in [1.54, 1.807) is 20.4 Å². The van der Waals surface area contributed by atoms with E-state index >= 15 is 0 Å². The molecule has 1 aromatic heterocycles. The number of nitrogens with zero attached hydrogens (tertiary/aromatic N) is 5. The lowest BCUT2D eigenvalue weighted by atomic mass is 10.2. The number of amides is 1. The maximum atomic E-state index is 12.2. The van der Waals surface area contributed by atoms with Gasteiger partial charge in [-0.15, -0.1) is 10.2 Å². The highest BCUT2D eigenvalue weighted by molar-refractivity contribution is 7.99. The topological polar surface area (TPSA) is 93.9 Å². The van der Waals surface area contributed by atoms with Crippen molar-refractivity contribution >= 4 is 29.6 Å². The van der Waals surface area contributed by atoms with Gasteiger partial charge in [0.2, 0.25) is 0 Å². The summed E-state index contributed by atoms with van der Waals surface area (Å²) in [7, 11) is 7.15. The van der Waals surface area contributed by atoms with Crippen LogP contribution in [0.3, 0.4) is 0 Å². The maximum absolute atomic E-state index is 12.2. The van der Waals surface area contributed by atoms with Gasteiger partial charge in [0.05, 0.1) is 26.2 Å². The summed E-state index contributed by atoms with van der Waals surface area (Å²) in [5, 5.41) is 13.3. The van der Waals surface area contributed by atoms with Crippen LogP contribution in [0.2, 0.25) is 0 Å². The first-order valence-corrected chi connectivity index (χ1v) is 11.3. The molecule has 0 aliphatic carbocycles. The number of rotatable bonds is 10. The number of hydrazone groups is 1. The molecule has 0 radical (unpaired) electrons. The van der Waals surface area contributed by atoms with Gasteiger partial charge in [-0.05, 0) is 42.8 Å². The molecule has 0 saturated carbocycles. The molecule has 1 amide bonds. The molecule has 0 fully saturated rings. The number of ether oxygens (including phenoxy) is 2. The Morgan fingerprint density at radius 2 is 1.85 bits per heavy atom.